The molecular formula is C13H12O3. The van der Waals surface area contributed by atoms with Gasteiger partial charge < -0.3 is 4.74 Å². The van der Waals surface area contributed by atoms with Crippen LogP contribution in [0.4, 0.5) is 0 Å². The maximum absolute atomic E-state index is 11.4. The van der Waals surface area contributed by atoms with E-state index in [4.69, 9.17) is 0 Å². The summed E-state index contributed by atoms with van der Waals surface area (Å²) in [4.78, 5) is 22.2. The second kappa shape index (κ2) is 5.72. The Hall–Kier alpha value is -2.08. The highest BCUT2D eigenvalue weighted by Gasteiger charge is 2.02. The average Bonchev–Trinajstić information content (AvgIpc) is 2.35. The average molecular weight is 216 g/mol. The van der Waals surface area contributed by atoms with Gasteiger partial charge in [0.1, 0.15) is 0 Å². The molecule has 1 aromatic carbocycles. The highest BCUT2D eigenvalue weighted by atomic mass is 16.5. The van der Waals surface area contributed by atoms with Crippen molar-refractivity contribution in [3.8, 4) is 11.8 Å². The lowest BCUT2D eigenvalue weighted by atomic mass is 10.1. The smallest absolute Gasteiger partial charge is 0.384 e. The molecule has 0 saturated heterocycles. The third kappa shape index (κ3) is 3.25. The quantitative estimate of drug-likeness (QED) is 0.430. The largest absolute Gasteiger partial charge is 0.459 e. The third-order valence-electron chi connectivity index (χ3n) is 2.00. The van der Waals surface area contributed by atoms with Crippen molar-refractivity contribution in [2.75, 3.05) is 7.11 Å². The maximum atomic E-state index is 11.4. The van der Waals surface area contributed by atoms with Gasteiger partial charge in [-0.15, -0.1) is 0 Å². The standard InChI is InChI=1S/C13H12O3/c1-3-12(14)11-6-4-5-10(9-11)7-8-13(15)16-2/h4-6,9H,3H2,1-2H3. The summed E-state index contributed by atoms with van der Waals surface area (Å²) in [5.41, 5.74) is 1.24. The molecule has 3 heteroatoms. The van der Waals surface area contributed by atoms with E-state index in [-0.39, 0.29) is 5.78 Å². The van der Waals surface area contributed by atoms with Gasteiger partial charge >= 0.3 is 5.97 Å². The minimum absolute atomic E-state index is 0.0571. The van der Waals surface area contributed by atoms with Crippen molar-refractivity contribution in [2.45, 2.75) is 13.3 Å². The van der Waals surface area contributed by atoms with Crippen molar-refractivity contribution >= 4 is 11.8 Å². The van der Waals surface area contributed by atoms with Crippen molar-refractivity contribution in [1.82, 2.24) is 0 Å². The Morgan fingerprint density at radius 3 is 2.75 bits per heavy atom. The SMILES string of the molecule is CCC(=O)c1cccc(C#CC(=O)OC)c1. The molecular weight excluding hydrogens is 204 g/mol. The number of carbonyl (C=O) groups excluding carboxylic acids is 2. The van der Waals surface area contributed by atoms with Gasteiger partial charge in [0.2, 0.25) is 0 Å². The molecule has 0 bridgehead atoms. The van der Waals surface area contributed by atoms with Crippen LogP contribution >= 0.6 is 0 Å². The Bertz CT molecular complexity index is 464. The molecule has 0 aliphatic heterocycles. The van der Waals surface area contributed by atoms with Crippen LogP contribution < -0.4 is 0 Å². The van der Waals surface area contributed by atoms with Crippen LogP contribution in [0.3, 0.4) is 0 Å². The first-order valence-corrected chi connectivity index (χ1v) is 4.90. The maximum Gasteiger partial charge on any atom is 0.384 e. The van der Waals surface area contributed by atoms with Crippen LogP contribution in [0.2, 0.25) is 0 Å². The second-order valence-corrected chi connectivity index (χ2v) is 3.10. The van der Waals surface area contributed by atoms with E-state index in [0.29, 0.717) is 17.5 Å². The first-order valence-electron chi connectivity index (χ1n) is 4.90. The van der Waals surface area contributed by atoms with Gasteiger partial charge in [-0.1, -0.05) is 25.0 Å². The summed E-state index contributed by atoms with van der Waals surface area (Å²) in [5, 5.41) is 0. The molecule has 0 aliphatic carbocycles. The third-order valence-corrected chi connectivity index (χ3v) is 2.00. The summed E-state index contributed by atoms with van der Waals surface area (Å²) >= 11 is 0. The number of ketones is 1. The molecule has 16 heavy (non-hydrogen) atoms. The van der Waals surface area contributed by atoms with E-state index in [1.165, 1.54) is 7.11 Å². The van der Waals surface area contributed by atoms with Gasteiger partial charge in [0.15, 0.2) is 5.78 Å². The fourth-order valence-electron chi connectivity index (χ4n) is 1.15. The zero-order valence-electron chi connectivity index (χ0n) is 9.24. The van der Waals surface area contributed by atoms with Crippen molar-refractivity contribution in [1.29, 1.82) is 0 Å². The fourth-order valence-corrected chi connectivity index (χ4v) is 1.15. The van der Waals surface area contributed by atoms with Gasteiger partial charge in [-0.2, -0.15) is 0 Å². The van der Waals surface area contributed by atoms with Gasteiger partial charge in [0.05, 0.1) is 7.11 Å². The Labute approximate surface area is 94.4 Å². The Kier molecular flexibility index (Phi) is 4.28. The van der Waals surface area contributed by atoms with Crippen molar-refractivity contribution in [2.24, 2.45) is 0 Å². The van der Waals surface area contributed by atoms with Gasteiger partial charge in [0.25, 0.3) is 0 Å². The van der Waals surface area contributed by atoms with Crippen molar-refractivity contribution in [3.05, 3.63) is 35.4 Å². The lowest BCUT2D eigenvalue weighted by Crippen LogP contribution is -1.97. The zero-order valence-corrected chi connectivity index (χ0v) is 9.24. The van der Waals surface area contributed by atoms with Crippen LogP contribution in [-0.2, 0) is 9.53 Å². The molecule has 0 saturated carbocycles. The molecule has 1 aromatic rings. The van der Waals surface area contributed by atoms with E-state index in [1.807, 2.05) is 0 Å². The molecule has 0 atom stereocenters. The molecule has 82 valence electrons. The fraction of sp³-hybridized carbons (Fsp3) is 0.231. The molecule has 0 fully saturated rings. The molecule has 0 unspecified atom stereocenters. The van der Waals surface area contributed by atoms with Crippen LogP contribution in [0.15, 0.2) is 24.3 Å². The summed E-state index contributed by atoms with van der Waals surface area (Å²) in [6, 6.07) is 6.88. The molecule has 0 spiro atoms. The lowest BCUT2D eigenvalue weighted by molar-refractivity contribution is -0.133. The first kappa shape index (κ1) is 12.0. The van der Waals surface area contributed by atoms with E-state index in [1.54, 1.807) is 31.2 Å². The number of benzene rings is 1. The molecule has 0 N–H and O–H groups in total. The highest BCUT2D eigenvalue weighted by molar-refractivity contribution is 5.96. The highest BCUT2D eigenvalue weighted by Crippen LogP contribution is 2.06. The number of hydrogen-bond donors (Lipinski definition) is 0. The van der Waals surface area contributed by atoms with Crippen LogP contribution in [-0.4, -0.2) is 18.9 Å². The van der Waals surface area contributed by atoms with Gasteiger partial charge in [0, 0.05) is 23.5 Å². The zero-order chi connectivity index (χ0) is 12.0. The molecule has 0 aliphatic rings. The van der Waals surface area contributed by atoms with Gasteiger partial charge in [-0.05, 0) is 12.1 Å². The van der Waals surface area contributed by atoms with Gasteiger partial charge in [-0.25, -0.2) is 4.79 Å². The number of carbonyl (C=O) groups is 2. The van der Waals surface area contributed by atoms with E-state index >= 15 is 0 Å². The molecule has 0 aromatic heterocycles. The summed E-state index contributed by atoms with van der Waals surface area (Å²) in [6.07, 6.45) is 0.452. The van der Waals surface area contributed by atoms with Crippen LogP contribution in [0, 0.1) is 11.8 Å². The molecule has 0 heterocycles. The van der Waals surface area contributed by atoms with E-state index in [2.05, 4.69) is 16.6 Å². The number of ether oxygens (including phenoxy) is 1. The molecule has 3 nitrogen and oxygen atoms in total. The number of hydrogen-bond acceptors (Lipinski definition) is 3. The van der Waals surface area contributed by atoms with Crippen molar-refractivity contribution < 1.29 is 14.3 Å². The van der Waals surface area contributed by atoms with Gasteiger partial charge in [-0.3, -0.25) is 4.79 Å². The summed E-state index contributed by atoms with van der Waals surface area (Å²) in [7, 11) is 1.27. The predicted octanol–water partition coefficient (Wildman–Crippen LogP) is 1.80. The lowest BCUT2D eigenvalue weighted by Gasteiger charge is -1.97. The normalized spacial score (nSPS) is 8.88. The topological polar surface area (TPSA) is 43.4 Å². The van der Waals surface area contributed by atoms with Crippen LogP contribution in [0.1, 0.15) is 29.3 Å². The Morgan fingerprint density at radius 1 is 1.38 bits per heavy atom. The Balaban J connectivity index is 2.93. The number of Topliss-reactive ketones (excluding diaryl/α,β-unsaturated/α-hetero) is 1. The summed E-state index contributed by atoms with van der Waals surface area (Å²) in [5.74, 6) is 4.41. The summed E-state index contributed by atoms with van der Waals surface area (Å²) in [6.45, 7) is 1.80. The predicted molar refractivity (Wildman–Crippen MR) is 60.0 cm³/mol. The molecule has 1 rings (SSSR count). The second-order valence-electron chi connectivity index (χ2n) is 3.10. The minimum atomic E-state index is -0.591. The van der Waals surface area contributed by atoms with E-state index in [9.17, 15) is 9.59 Å². The number of esters is 1. The van der Waals surface area contributed by atoms with Crippen LogP contribution in [0.5, 0.6) is 0 Å². The number of methoxy groups -OCH3 is 1. The Morgan fingerprint density at radius 2 is 2.12 bits per heavy atom. The molecule has 0 radical (unpaired) electrons. The first-order chi connectivity index (χ1) is 7.67. The van der Waals surface area contributed by atoms with Crippen molar-refractivity contribution in [3.63, 3.8) is 0 Å². The van der Waals surface area contributed by atoms with E-state index < -0.39 is 5.97 Å². The number of rotatable bonds is 2. The minimum Gasteiger partial charge on any atom is -0.459 e. The summed E-state index contributed by atoms with van der Waals surface area (Å²) < 4.78 is 4.39. The van der Waals surface area contributed by atoms with Crippen LogP contribution in [0.25, 0.3) is 0 Å². The molecule has 0 amide bonds. The monoisotopic (exact) mass is 216 g/mol. The van der Waals surface area contributed by atoms with E-state index in [0.717, 1.165) is 0 Å².